The van der Waals surface area contributed by atoms with Crippen molar-refractivity contribution in [1.82, 2.24) is 0 Å². The summed E-state index contributed by atoms with van der Waals surface area (Å²) in [6.07, 6.45) is 0. The number of ether oxygens (including phenoxy) is 2. The van der Waals surface area contributed by atoms with E-state index in [9.17, 15) is 4.79 Å². The molecule has 3 nitrogen and oxygen atoms in total. The predicted molar refractivity (Wildman–Crippen MR) is 70.4 cm³/mol. The van der Waals surface area contributed by atoms with Crippen molar-refractivity contribution in [2.45, 2.75) is 24.9 Å². The van der Waals surface area contributed by atoms with E-state index in [1.165, 1.54) is 5.56 Å². The second kappa shape index (κ2) is 7.22. The molecular formula is C13H18O3S. The summed E-state index contributed by atoms with van der Waals surface area (Å²) in [5, 5.41) is -0.128. The van der Waals surface area contributed by atoms with Crippen molar-refractivity contribution in [1.29, 1.82) is 0 Å². The van der Waals surface area contributed by atoms with E-state index in [0.717, 1.165) is 11.5 Å². The van der Waals surface area contributed by atoms with E-state index in [1.54, 1.807) is 18.9 Å². The third-order valence-electron chi connectivity index (χ3n) is 2.28. The topological polar surface area (TPSA) is 35.5 Å². The lowest BCUT2D eigenvalue weighted by Crippen LogP contribution is -2.16. The second-order valence-corrected chi connectivity index (χ2v) is 4.88. The van der Waals surface area contributed by atoms with Crippen LogP contribution < -0.4 is 4.74 Å². The molecule has 0 bridgehead atoms. The smallest absolute Gasteiger partial charge is 0.318 e. The summed E-state index contributed by atoms with van der Waals surface area (Å²) in [5.41, 5.74) is 1.17. The van der Waals surface area contributed by atoms with Gasteiger partial charge in [0.2, 0.25) is 0 Å². The molecule has 94 valence electrons. The fourth-order valence-electron chi connectivity index (χ4n) is 1.27. The SMILES string of the molecule is CCOC(=O)C(C)SCc1ccc(OC)cc1. The molecule has 0 aliphatic rings. The summed E-state index contributed by atoms with van der Waals surface area (Å²) in [6.45, 7) is 4.12. The minimum Gasteiger partial charge on any atom is -0.497 e. The Bertz CT molecular complexity index is 348. The monoisotopic (exact) mass is 254 g/mol. The van der Waals surface area contributed by atoms with E-state index in [4.69, 9.17) is 9.47 Å². The molecule has 0 fully saturated rings. The maximum absolute atomic E-state index is 11.4. The molecule has 17 heavy (non-hydrogen) atoms. The van der Waals surface area contributed by atoms with Crippen LogP contribution in [-0.2, 0) is 15.3 Å². The molecule has 1 atom stereocenters. The first-order valence-electron chi connectivity index (χ1n) is 5.58. The molecule has 0 N–H and O–H groups in total. The van der Waals surface area contributed by atoms with Gasteiger partial charge >= 0.3 is 5.97 Å². The highest BCUT2D eigenvalue weighted by atomic mass is 32.2. The highest BCUT2D eigenvalue weighted by Gasteiger charge is 2.13. The van der Waals surface area contributed by atoms with Crippen molar-refractivity contribution in [2.75, 3.05) is 13.7 Å². The van der Waals surface area contributed by atoms with Crippen molar-refractivity contribution in [3.63, 3.8) is 0 Å². The molecule has 0 amide bonds. The van der Waals surface area contributed by atoms with E-state index in [2.05, 4.69) is 0 Å². The lowest BCUT2D eigenvalue weighted by Gasteiger charge is -2.10. The summed E-state index contributed by atoms with van der Waals surface area (Å²) in [7, 11) is 1.65. The molecule has 0 aromatic heterocycles. The summed E-state index contributed by atoms with van der Waals surface area (Å²) in [6, 6.07) is 7.85. The summed E-state index contributed by atoms with van der Waals surface area (Å²) in [4.78, 5) is 11.4. The quantitative estimate of drug-likeness (QED) is 0.731. The van der Waals surface area contributed by atoms with Gasteiger partial charge in [-0.05, 0) is 31.5 Å². The minimum atomic E-state index is -0.147. The standard InChI is InChI=1S/C13H18O3S/c1-4-16-13(14)10(2)17-9-11-5-7-12(15-3)8-6-11/h5-8,10H,4,9H2,1-3H3. The second-order valence-electron chi connectivity index (χ2n) is 3.55. The number of methoxy groups -OCH3 is 1. The normalized spacial score (nSPS) is 11.9. The maximum Gasteiger partial charge on any atom is 0.318 e. The van der Waals surface area contributed by atoms with Gasteiger partial charge in [0, 0.05) is 5.75 Å². The number of esters is 1. The molecule has 1 aromatic rings. The number of rotatable bonds is 6. The molecule has 0 saturated carbocycles. The first-order valence-corrected chi connectivity index (χ1v) is 6.63. The van der Waals surface area contributed by atoms with Gasteiger partial charge in [-0.2, -0.15) is 0 Å². The van der Waals surface area contributed by atoms with Gasteiger partial charge in [-0.1, -0.05) is 12.1 Å². The molecule has 0 saturated heterocycles. The van der Waals surface area contributed by atoms with E-state index in [1.807, 2.05) is 38.1 Å². The van der Waals surface area contributed by atoms with Gasteiger partial charge in [0.25, 0.3) is 0 Å². The van der Waals surface area contributed by atoms with Crippen LogP contribution in [-0.4, -0.2) is 24.9 Å². The van der Waals surface area contributed by atoms with Crippen LogP contribution in [0.3, 0.4) is 0 Å². The van der Waals surface area contributed by atoms with Gasteiger partial charge in [0.1, 0.15) is 5.75 Å². The predicted octanol–water partition coefficient (Wildman–Crippen LogP) is 2.88. The zero-order chi connectivity index (χ0) is 12.7. The first kappa shape index (κ1) is 13.9. The number of hydrogen-bond donors (Lipinski definition) is 0. The van der Waals surface area contributed by atoms with Crippen molar-refractivity contribution >= 4 is 17.7 Å². The van der Waals surface area contributed by atoms with Crippen LogP contribution in [0.2, 0.25) is 0 Å². The average Bonchev–Trinajstić information content (AvgIpc) is 2.36. The van der Waals surface area contributed by atoms with Crippen LogP contribution in [0.4, 0.5) is 0 Å². The Labute approximate surface area is 106 Å². The Hall–Kier alpha value is -1.16. The average molecular weight is 254 g/mol. The Morgan fingerprint density at radius 3 is 2.53 bits per heavy atom. The van der Waals surface area contributed by atoms with Crippen LogP contribution in [0.5, 0.6) is 5.75 Å². The number of hydrogen-bond acceptors (Lipinski definition) is 4. The van der Waals surface area contributed by atoms with Gasteiger partial charge in [0.05, 0.1) is 19.0 Å². The Morgan fingerprint density at radius 2 is 2.00 bits per heavy atom. The number of thioether (sulfide) groups is 1. The zero-order valence-corrected chi connectivity index (χ0v) is 11.3. The minimum absolute atomic E-state index is 0.128. The van der Waals surface area contributed by atoms with Crippen molar-refractivity contribution in [3.05, 3.63) is 29.8 Å². The maximum atomic E-state index is 11.4. The van der Waals surface area contributed by atoms with E-state index in [-0.39, 0.29) is 11.2 Å². The van der Waals surface area contributed by atoms with E-state index >= 15 is 0 Å². The first-order chi connectivity index (χ1) is 8.17. The number of benzene rings is 1. The van der Waals surface area contributed by atoms with Crippen LogP contribution in [0.15, 0.2) is 24.3 Å². The molecular weight excluding hydrogens is 236 g/mol. The lowest BCUT2D eigenvalue weighted by molar-refractivity contribution is -0.142. The summed E-state index contributed by atoms with van der Waals surface area (Å²) >= 11 is 1.58. The van der Waals surface area contributed by atoms with Crippen LogP contribution in [0.25, 0.3) is 0 Å². The highest BCUT2D eigenvalue weighted by molar-refractivity contribution is 7.99. The van der Waals surface area contributed by atoms with Crippen molar-refractivity contribution in [3.8, 4) is 5.75 Å². The fourth-order valence-corrected chi connectivity index (χ4v) is 2.11. The highest BCUT2D eigenvalue weighted by Crippen LogP contribution is 2.20. The molecule has 0 spiro atoms. The summed E-state index contributed by atoms with van der Waals surface area (Å²) < 4.78 is 10.0. The van der Waals surface area contributed by atoms with Crippen molar-refractivity contribution in [2.24, 2.45) is 0 Å². The number of carbonyl (C=O) groups is 1. The molecule has 0 aliphatic heterocycles. The van der Waals surface area contributed by atoms with Gasteiger partial charge in [-0.25, -0.2) is 0 Å². The van der Waals surface area contributed by atoms with Gasteiger partial charge in [-0.15, -0.1) is 11.8 Å². The molecule has 1 aromatic carbocycles. The third-order valence-corrected chi connectivity index (χ3v) is 3.47. The number of carbonyl (C=O) groups excluding carboxylic acids is 1. The molecule has 0 aliphatic carbocycles. The van der Waals surface area contributed by atoms with Gasteiger partial charge < -0.3 is 9.47 Å². The van der Waals surface area contributed by atoms with E-state index in [0.29, 0.717) is 6.61 Å². The molecule has 4 heteroatoms. The van der Waals surface area contributed by atoms with Gasteiger partial charge in [0.15, 0.2) is 0 Å². The molecule has 1 unspecified atom stereocenters. The fraction of sp³-hybridized carbons (Fsp3) is 0.462. The largest absolute Gasteiger partial charge is 0.497 e. The molecule has 0 heterocycles. The summed E-state index contributed by atoms with van der Waals surface area (Å²) in [5.74, 6) is 1.49. The lowest BCUT2D eigenvalue weighted by atomic mass is 10.2. The van der Waals surface area contributed by atoms with Gasteiger partial charge in [-0.3, -0.25) is 4.79 Å². The van der Waals surface area contributed by atoms with Crippen LogP contribution in [0, 0.1) is 0 Å². The Kier molecular flexibility index (Phi) is 5.91. The molecule has 0 radical (unpaired) electrons. The van der Waals surface area contributed by atoms with Crippen LogP contribution >= 0.6 is 11.8 Å². The Balaban J connectivity index is 2.41. The molecule has 1 rings (SSSR count). The van der Waals surface area contributed by atoms with Crippen molar-refractivity contribution < 1.29 is 14.3 Å². The third kappa shape index (κ3) is 4.69. The zero-order valence-electron chi connectivity index (χ0n) is 10.4. The Morgan fingerprint density at radius 1 is 1.35 bits per heavy atom. The van der Waals surface area contributed by atoms with Crippen LogP contribution in [0.1, 0.15) is 19.4 Å². The van der Waals surface area contributed by atoms with E-state index < -0.39 is 0 Å².